The number of nitrogens with one attached hydrogen (secondary N) is 1. The summed E-state index contributed by atoms with van der Waals surface area (Å²) in [6.45, 7) is 2.98. The molecule has 0 aromatic carbocycles. The smallest absolute Gasteiger partial charge is 0.241 e. The first-order valence-electron chi connectivity index (χ1n) is 11.2. The molecule has 7 rings (SSSR count). The fourth-order valence-electron chi connectivity index (χ4n) is 7.01. The zero-order chi connectivity index (χ0) is 20.3. The Kier molecular flexibility index (Phi) is 4.05. The van der Waals surface area contributed by atoms with Crippen LogP contribution in [0.4, 0.5) is 0 Å². The summed E-state index contributed by atoms with van der Waals surface area (Å²) in [7, 11) is 0. The molecule has 30 heavy (non-hydrogen) atoms. The second kappa shape index (κ2) is 6.69. The molecule has 4 fully saturated rings. The number of hydrogen-bond donors (Lipinski definition) is 1. The summed E-state index contributed by atoms with van der Waals surface area (Å²) in [5.41, 5.74) is 2.89. The van der Waals surface area contributed by atoms with Crippen LogP contribution in [-0.4, -0.2) is 27.2 Å². The SMILES string of the molecule is Cc1nn(CC(=O)NCC23CC4CC(CC(C4)C2)C3)c2nccc(-c3ccco3)c12. The number of fused-ring (bicyclic) bond motifs is 1. The highest BCUT2D eigenvalue weighted by molar-refractivity contribution is 5.93. The summed E-state index contributed by atoms with van der Waals surface area (Å²) >= 11 is 0. The highest BCUT2D eigenvalue weighted by Gasteiger charge is 2.50. The number of nitrogens with zero attached hydrogens (tertiary/aromatic N) is 3. The molecule has 156 valence electrons. The van der Waals surface area contributed by atoms with Gasteiger partial charge in [-0.3, -0.25) is 4.79 Å². The van der Waals surface area contributed by atoms with E-state index in [0.717, 1.165) is 52.3 Å². The van der Waals surface area contributed by atoms with Crippen LogP contribution in [0.1, 0.15) is 44.2 Å². The van der Waals surface area contributed by atoms with Crippen LogP contribution in [0.2, 0.25) is 0 Å². The lowest BCUT2D eigenvalue weighted by Crippen LogP contribution is -2.51. The molecule has 6 nitrogen and oxygen atoms in total. The van der Waals surface area contributed by atoms with Crippen molar-refractivity contribution in [1.29, 1.82) is 0 Å². The monoisotopic (exact) mass is 404 g/mol. The number of carbonyl (C=O) groups excluding carboxylic acids is 1. The van der Waals surface area contributed by atoms with E-state index in [9.17, 15) is 4.79 Å². The Morgan fingerprint density at radius 2 is 1.93 bits per heavy atom. The van der Waals surface area contributed by atoms with E-state index in [0.29, 0.717) is 5.41 Å². The van der Waals surface area contributed by atoms with Gasteiger partial charge >= 0.3 is 0 Å². The molecule has 0 saturated heterocycles. The molecule has 0 unspecified atom stereocenters. The van der Waals surface area contributed by atoms with Crippen LogP contribution in [0, 0.1) is 30.1 Å². The Morgan fingerprint density at radius 1 is 1.20 bits per heavy atom. The number of furan rings is 1. The molecule has 4 aliphatic carbocycles. The van der Waals surface area contributed by atoms with Crippen LogP contribution in [0.3, 0.4) is 0 Å². The molecule has 0 aliphatic heterocycles. The van der Waals surface area contributed by atoms with Gasteiger partial charge in [0.15, 0.2) is 5.65 Å². The van der Waals surface area contributed by atoms with Gasteiger partial charge in [0.05, 0.1) is 17.3 Å². The lowest BCUT2D eigenvalue weighted by atomic mass is 9.49. The summed E-state index contributed by atoms with van der Waals surface area (Å²) in [6, 6.07) is 5.75. The summed E-state index contributed by atoms with van der Waals surface area (Å²) in [5, 5.41) is 8.83. The number of rotatable bonds is 5. The lowest BCUT2D eigenvalue weighted by molar-refractivity contribution is -0.124. The third-order valence-electron chi connectivity index (χ3n) is 7.71. The van der Waals surface area contributed by atoms with Crippen LogP contribution in [0.15, 0.2) is 35.1 Å². The van der Waals surface area contributed by atoms with E-state index in [1.807, 2.05) is 25.1 Å². The molecule has 0 atom stereocenters. The van der Waals surface area contributed by atoms with Crippen molar-refractivity contribution in [3.63, 3.8) is 0 Å². The summed E-state index contributed by atoms with van der Waals surface area (Å²) in [5.74, 6) is 3.51. The van der Waals surface area contributed by atoms with E-state index in [-0.39, 0.29) is 12.5 Å². The maximum atomic E-state index is 12.9. The minimum Gasteiger partial charge on any atom is -0.464 e. The molecule has 4 bridgehead atoms. The van der Waals surface area contributed by atoms with Gasteiger partial charge in [-0.2, -0.15) is 5.10 Å². The van der Waals surface area contributed by atoms with Crippen molar-refractivity contribution in [2.75, 3.05) is 6.54 Å². The normalized spacial score (nSPS) is 29.6. The fraction of sp³-hybridized carbons (Fsp3) is 0.542. The molecule has 3 aromatic heterocycles. The van der Waals surface area contributed by atoms with Crippen molar-refractivity contribution >= 4 is 16.9 Å². The highest BCUT2D eigenvalue weighted by atomic mass is 16.3. The van der Waals surface area contributed by atoms with E-state index < -0.39 is 0 Å². The number of carbonyl (C=O) groups is 1. The highest BCUT2D eigenvalue weighted by Crippen LogP contribution is 2.59. The van der Waals surface area contributed by atoms with Crippen molar-refractivity contribution in [3.05, 3.63) is 36.4 Å². The summed E-state index contributed by atoms with van der Waals surface area (Å²) < 4.78 is 7.31. The van der Waals surface area contributed by atoms with Gasteiger partial charge in [0.2, 0.25) is 5.91 Å². The van der Waals surface area contributed by atoms with E-state index in [2.05, 4.69) is 15.4 Å². The summed E-state index contributed by atoms with van der Waals surface area (Å²) in [6.07, 6.45) is 11.6. The Hall–Kier alpha value is -2.63. The number of hydrogen-bond acceptors (Lipinski definition) is 4. The second-order valence-electron chi connectivity index (χ2n) is 9.97. The zero-order valence-electron chi connectivity index (χ0n) is 17.4. The molecule has 1 N–H and O–H groups in total. The van der Waals surface area contributed by atoms with Crippen molar-refractivity contribution in [2.24, 2.45) is 23.2 Å². The first kappa shape index (κ1) is 18.2. The molecule has 0 spiro atoms. The first-order valence-corrected chi connectivity index (χ1v) is 11.2. The molecular formula is C24H28N4O2. The first-order chi connectivity index (χ1) is 14.6. The quantitative estimate of drug-likeness (QED) is 0.687. The van der Waals surface area contributed by atoms with Gasteiger partial charge in [-0.05, 0) is 86.8 Å². The van der Waals surface area contributed by atoms with E-state index in [4.69, 9.17) is 4.42 Å². The molecule has 1 amide bonds. The number of aryl methyl sites for hydroxylation is 1. The topological polar surface area (TPSA) is 73.0 Å². The van der Waals surface area contributed by atoms with Gasteiger partial charge in [0.25, 0.3) is 0 Å². The maximum Gasteiger partial charge on any atom is 0.241 e. The van der Waals surface area contributed by atoms with Crippen LogP contribution in [-0.2, 0) is 11.3 Å². The molecule has 3 aromatic rings. The average molecular weight is 405 g/mol. The van der Waals surface area contributed by atoms with E-state index in [1.54, 1.807) is 17.1 Å². The molecule has 6 heteroatoms. The van der Waals surface area contributed by atoms with Gasteiger partial charge in [-0.25, -0.2) is 9.67 Å². The van der Waals surface area contributed by atoms with Crippen molar-refractivity contribution in [3.8, 4) is 11.3 Å². The minimum absolute atomic E-state index is 0.0281. The predicted octanol–water partition coefficient (Wildman–Crippen LogP) is 4.33. The third-order valence-corrected chi connectivity index (χ3v) is 7.71. The molecule has 0 radical (unpaired) electrons. The Balaban J connectivity index is 1.20. The summed E-state index contributed by atoms with van der Waals surface area (Å²) in [4.78, 5) is 17.4. The molecule has 3 heterocycles. The average Bonchev–Trinajstić information content (AvgIpc) is 3.35. The van der Waals surface area contributed by atoms with Gasteiger partial charge in [-0.15, -0.1) is 0 Å². The van der Waals surface area contributed by atoms with Crippen LogP contribution >= 0.6 is 0 Å². The molecular weight excluding hydrogens is 376 g/mol. The van der Waals surface area contributed by atoms with Crippen molar-refractivity contribution < 1.29 is 9.21 Å². The zero-order valence-corrected chi connectivity index (χ0v) is 17.4. The lowest BCUT2D eigenvalue weighted by Gasteiger charge is -2.56. The largest absolute Gasteiger partial charge is 0.464 e. The molecule has 4 aliphatic rings. The second-order valence-corrected chi connectivity index (χ2v) is 9.97. The van der Waals surface area contributed by atoms with Gasteiger partial charge in [0.1, 0.15) is 12.3 Å². The maximum absolute atomic E-state index is 12.9. The van der Waals surface area contributed by atoms with Gasteiger partial charge < -0.3 is 9.73 Å². The fourth-order valence-corrected chi connectivity index (χ4v) is 7.01. The van der Waals surface area contributed by atoms with Gasteiger partial charge in [-0.1, -0.05) is 0 Å². The van der Waals surface area contributed by atoms with Crippen LogP contribution in [0.25, 0.3) is 22.4 Å². The number of amides is 1. The third kappa shape index (κ3) is 2.96. The van der Waals surface area contributed by atoms with Crippen molar-refractivity contribution in [2.45, 2.75) is 52.0 Å². The number of aromatic nitrogens is 3. The van der Waals surface area contributed by atoms with Crippen LogP contribution < -0.4 is 5.32 Å². The van der Waals surface area contributed by atoms with E-state index in [1.165, 1.54) is 38.5 Å². The predicted molar refractivity (Wildman–Crippen MR) is 114 cm³/mol. The van der Waals surface area contributed by atoms with Crippen LogP contribution in [0.5, 0.6) is 0 Å². The van der Waals surface area contributed by atoms with E-state index >= 15 is 0 Å². The van der Waals surface area contributed by atoms with Gasteiger partial charge in [0, 0.05) is 18.3 Å². The minimum atomic E-state index is 0.0281. The molecule has 4 saturated carbocycles. The Morgan fingerprint density at radius 3 is 2.60 bits per heavy atom. The van der Waals surface area contributed by atoms with Crippen molar-refractivity contribution in [1.82, 2.24) is 20.1 Å². The number of pyridine rings is 1. The Bertz CT molecular complexity index is 1060. The standard InChI is InChI=1S/C24H28N4O2/c1-15-22-19(20-3-2-6-30-20)4-5-25-23(22)28(27-15)13-21(29)26-14-24-10-16-7-17(11-24)9-18(8-16)12-24/h2-6,16-18H,7-14H2,1H3,(H,26,29). The Labute approximate surface area is 176 Å².